The van der Waals surface area contributed by atoms with E-state index in [-0.39, 0.29) is 30.8 Å². The Labute approximate surface area is 175 Å². The second-order valence-corrected chi connectivity index (χ2v) is 7.27. The van der Waals surface area contributed by atoms with E-state index in [0.29, 0.717) is 17.9 Å². The van der Waals surface area contributed by atoms with Gasteiger partial charge in [0, 0.05) is 28.9 Å². The summed E-state index contributed by atoms with van der Waals surface area (Å²) in [7, 11) is 0. The molecule has 0 aliphatic carbocycles. The van der Waals surface area contributed by atoms with Crippen molar-refractivity contribution in [3.63, 3.8) is 0 Å². The quantitative estimate of drug-likeness (QED) is 0.548. The number of carbonyl (C=O) groups is 3. The van der Waals surface area contributed by atoms with E-state index in [9.17, 15) is 14.4 Å². The lowest BCUT2D eigenvalue weighted by Gasteiger charge is -2.19. The summed E-state index contributed by atoms with van der Waals surface area (Å²) in [6.07, 6.45) is 2.00. The molecule has 0 bridgehead atoms. The summed E-state index contributed by atoms with van der Waals surface area (Å²) in [4.78, 5) is 38.5. The summed E-state index contributed by atoms with van der Waals surface area (Å²) >= 11 is 1.64. The molecule has 0 atom stereocenters. The van der Waals surface area contributed by atoms with E-state index in [0.717, 1.165) is 10.6 Å². The Bertz CT molecular complexity index is 838. The first kappa shape index (κ1) is 22.4. The minimum Gasteiger partial charge on any atom is -0.326 e. The first-order valence-corrected chi connectivity index (χ1v) is 10.5. The van der Waals surface area contributed by atoms with Crippen molar-refractivity contribution in [2.45, 2.75) is 18.7 Å². The van der Waals surface area contributed by atoms with E-state index in [1.807, 2.05) is 37.4 Å². The number of benzene rings is 2. The van der Waals surface area contributed by atoms with Crippen molar-refractivity contribution in [2.75, 3.05) is 41.8 Å². The molecule has 7 nitrogen and oxygen atoms in total. The molecule has 3 amide bonds. The number of nitrogens with zero attached hydrogens (tertiary/aromatic N) is 1. The van der Waals surface area contributed by atoms with Crippen LogP contribution in [-0.4, -0.2) is 48.5 Å². The predicted octanol–water partition coefficient (Wildman–Crippen LogP) is 3.27. The maximum atomic E-state index is 12.3. The van der Waals surface area contributed by atoms with Crippen molar-refractivity contribution in [1.82, 2.24) is 4.90 Å². The van der Waals surface area contributed by atoms with Crippen LogP contribution in [0, 0.1) is 0 Å². The molecule has 3 N–H and O–H groups in total. The predicted molar refractivity (Wildman–Crippen MR) is 118 cm³/mol. The molecule has 0 saturated heterocycles. The van der Waals surface area contributed by atoms with Crippen LogP contribution >= 0.6 is 11.8 Å². The van der Waals surface area contributed by atoms with Crippen LogP contribution in [-0.2, 0) is 14.4 Å². The van der Waals surface area contributed by atoms with Crippen molar-refractivity contribution >= 4 is 46.5 Å². The normalized spacial score (nSPS) is 10.5. The third-order valence-electron chi connectivity index (χ3n) is 4.04. The Morgan fingerprint density at radius 2 is 1.21 bits per heavy atom. The highest BCUT2D eigenvalue weighted by Gasteiger charge is 2.13. The molecule has 0 heterocycles. The highest BCUT2D eigenvalue weighted by molar-refractivity contribution is 7.98. The van der Waals surface area contributed by atoms with Crippen LogP contribution in [0.3, 0.4) is 0 Å². The monoisotopic (exact) mass is 414 g/mol. The molecule has 0 aliphatic heterocycles. The molecule has 2 aromatic rings. The molecule has 154 valence electrons. The van der Waals surface area contributed by atoms with Crippen LogP contribution in [0.5, 0.6) is 0 Å². The van der Waals surface area contributed by atoms with Gasteiger partial charge in [-0.2, -0.15) is 0 Å². The van der Waals surface area contributed by atoms with E-state index >= 15 is 0 Å². The fourth-order valence-corrected chi connectivity index (χ4v) is 3.01. The summed E-state index contributed by atoms with van der Waals surface area (Å²) in [5.41, 5.74) is 2.01. The highest BCUT2D eigenvalue weighted by atomic mass is 32.2. The third-order valence-corrected chi connectivity index (χ3v) is 4.79. The van der Waals surface area contributed by atoms with Gasteiger partial charge in [0.1, 0.15) is 0 Å². The van der Waals surface area contributed by atoms with Crippen molar-refractivity contribution in [2.24, 2.45) is 0 Å². The first-order valence-electron chi connectivity index (χ1n) is 9.23. The number of anilines is 3. The summed E-state index contributed by atoms with van der Waals surface area (Å²) in [5.74, 6) is -0.536. The number of nitrogens with one attached hydrogen (secondary N) is 3. The zero-order valence-electron chi connectivity index (χ0n) is 16.8. The Kier molecular flexibility index (Phi) is 8.69. The third kappa shape index (κ3) is 7.97. The van der Waals surface area contributed by atoms with Gasteiger partial charge in [0.2, 0.25) is 17.7 Å². The summed E-state index contributed by atoms with van der Waals surface area (Å²) in [6.45, 7) is 4.12. The summed E-state index contributed by atoms with van der Waals surface area (Å²) in [5, 5.41) is 8.31. The lowest BCUT2D eigenvalue weighted by atomic mass is 10.2. The van der Waals surface area contributed by atoms with Crippen molar-refractivity contribution in [1.29, 1.82) is 0 Å². The molecule has 2 aromatic carbocycles. The SMILES string of the molecule is CCN(CC(=O)Nc1ccc(NC(C)=O)cc1)CC(=O)Nc1ccc(SC)cc1. The molecule has 0 spiro atoms. The second-order valence-electron chi connectivity index (χ2n) is 6.39. The van der Waals surface area contributed by atoms with Crippen molar-refractivity contribution < 1.29 is 14.4 Å². The standard InChI is InChI=1S/C21H26N4O3S/c1-4-25(14-21(28)24-18-9-11-19(29-3)12-10-18)13-20(27)23-17-7-5-16(6-8-17)22-15(2)26/h5-12H,4,13-14H2,1-3H3,(H,22,26)(H,23,27)(H,24,28). The summed E-state index contributed by atoms with van der Waals surface area (Å²) < 4.78 is 0. The molecule has 8 heteroatoms. The van der Waals surface area contributed by atoms with Crippen LogP contribution in [0.25, 0.3) is 0 Å². The van der Waals surface area contributed by atoms with Gasteiger partial charge in [-0.15, -0.1) is 11.8 Å². The lowest BCUT2D eigenvalue weighted by Crippen LogP contribution is -2.38. The van der Waals surface area contributed by atoms with Gasteiger partial charge in [-0.3, -0.25) is 19.3 Å². The van der Waals surface area contributed by atoms with Gasteiger partial charge < -0.3 is 16.0 Å². The maximum Gasteiger partial charge on any atom is 0.238 e. The summed E-state index contributed by atoms with van der Waals surface area (Å²) in [6, 6.07) is 14.5. The van der Waals surface area contributed by atoms with Gasteiger partial charge in [-0.1, -0.05) is 6.92 Å². The van der Waals surface area contributed by atoms with Gasteiger partial charge in [0.15, 0.2) is 0 Å². The highest BCUT2D eigenvalue weighted by Crippen LogP contribution is 2.17. The second kappa shape index (κ2) is 11.2. The average molecular weight is 415 g/mol. The smallest absolute Gasteiger partial charge is 0.238 e. The Balaban J connectivity index is 1.83. The number of thioether (sulfide) groups is 1. The largest absolute Gasteiger partial charge is 0.326 e. The number of likely N-dealkylation sites (N-methyl/N-ethyl adjacent to an activating group) is 1. The van der Waals surface area contributed by atoms with E-state index in [2.05, 4.69) is 16.0 Å². The van der Waals surface area contributed by atoms with Gasteiger partial charge in [-0.05, 0) is 61.3 Å². The topological polar surface area (TPSA) is 90.5 Å². The molecule has 29 heavy (non-hydrogen) atoms. The number of amides is 3. The van der Waals surface area contributed by atoms with Crippen LogP contribution in [0.2, 0.25) is 0 Å². The first-order chi connectivity index (χ1) is 13.9. The Hall–Kier alpha value is -2.84. The fraction of sp³-hybridized carbons (Fsp3) is 0.286. The van der Waals surface area contributed by atoms with Crippen molar-refractivity contribution in [3.05, 3.63) is 48.5 Å². The number of hydrogen-bond donors (Lipinski definition) is 3. The van der Waals surface area contributed by atoms with E-state index in [1.165, 1.54) is 6.92 Å². The Morgan fingerprint density at radius 3 is 1.59 bits per heavy atom. The average Bonchev–Trinajstić information content (AvgIpc) is 2.69. The lowest BCUT2D eigenvalue weighted by molar-refractivity contribution is -0.120. The van der Waals surface area contributed by atoms with E-state index < -0.39 is 0 Å². The molecule has 2 rings (SSSR count). The number of hydrogen-bond acceptors (Lipinski definition) is 5. The Morgan fingerprint density at radius 1 is 0.793 bits per heavy atom. The molecule has 0 radical (unpaired) electrons. The van der Waals surface area contributed by atoms with Crippen LogP contribution in [0.15, 0.2) is 53.4 Å². The molecular weight excluding hydrogens is 388 g/mol. The number of rotatable bonds is 9. The van der Waals surface area contributed by atoms with Gasteiger partial charge in [0.05, 0.1) is 13.1 Å². The van der Waals surface area contributed by atoms with E-state index in [4.69, 9.17) is 0 Å². The molecule has 0 aromatic heterocycles. The van der Waals surface area contributed by atoms with Crippen molar-refractivity contribution in [3.8, 4) is 0 Å². The fourth-order valence-electron chi connectivity index (χ4n) is 2.60. The maximum absolute atomic E-state index is 12.3. The minimum absolute atomic E-state index is 0.1000. The molecule has 0 unspecified atom stereocenters. The van der Waals surface area contributed by atoms with Crippen LogP contribution in [0.1, 0.15) is 13.8 Å². The molecule has 0 saturated carbocycles. The minimum atomic E-state index is -0.212. The van der Waals surface area contributed by atoms with E-state index in [1.54, 1.807) is 40.9 Å². The van der Waals surface area contributed by atoms with Crippen LogP contribution in [0.4, 0.5) is 17.1 Å². The number of carbonyl (C=O) groups excluding carboxylic acids is 3. The zero-order chi connectivity index (χ0) is 21.2. The zero-order valence-corrected chi connectivity index (χ0v) is 17.6. The van der Waals surface area contributed by atoms with Gasteiger partial charge >= 0.3 is 0 Å². The van der Waals surface area contributed by atoms with Gasteiger partial charge in [-0.25, -0.2) is 0 Å². The molecule has 0 aliphatic rings. The van der Waals surface area contributed by atoms with Gasteiger partial charge in [0.25, 0.3) is 0 Å². The molecule has 0 fully saturated rings. The van der Waals surface area contributed by atoms with Crippen LogP contribution < -0.4 is 16.0 Å². The molecular formula is C21H26N4O3S.